The molecule has 0 radical (unpaired) electrons. The predicted molar refractivity (Wildman–Crippen MR) is 152 cm³/mol. The number of carboxylic acid groups (broad SMARTS) is 1. The largest absolute Gasteiger partial charge is 0.515 e. The summed E-state index contributed by atoms with van der Waals surface area (Å²) >= 11 is 0. The second-order valence-corrected chi connectivity index (χ2v) is 11.5. The fourth-order valence-electron chi connectivity index (χ4n) is 4.73. The van der Waals surface area contributed by atoms with Crippen molar-refractivity contribution < 1.29 is 32.9 Å². The quantitative estimate of drug-likeness (QED) is 0.225. The third-order valence-corrected chi connectivity index (χ3v) is 7.02. The minimum absolute atomic E-state index is 0.0274. The fraction of sp³-hybridized carbons (Fsp3) is 0.406. The first-order valence-electron chi connectivity index (χ1n) is 13.2. The Morgan fingerprint density at radius 3 is 2.27 bits per heavy atom. The molecule has 2 atom stereocenters. The van der Waals surface area contributed by atoms with Crippen molar-refractivity contribution in [3.63, 3.8) is 0 Å². The van der Waals surface area contributed by atoms with Gasteiger partial charge in [0.2, 0.25) is 0 Å². The van der Waals surface area contributed by atoms with Crippen LogP contribution in [0, 0.1) is 13.8 Å². The number of aliphatic hydroxyl groups excluding tert-OH is 1. The Hall–Kier alpha value is -3.20. The first kappa shape index (κ1) is 31.3. The Kier molecular flexibility index (Phi) is 9.50. The molecular formula is C32H39F3NO4+. The van der Waals surface area contributed by atoms with Gasteiger partial charge in [0.25, 0.3) is 0 Å². The number of nitrogens with one attached hydrogen (secondary N) is 1. The maximum Gasteiger partial charge on any atom is 0.515 e. The lowest BCUT2D eigenvalue weighted by molar-refractivity contribution is -0.138. The van der Waals surface area contributed by atoms with Crippen LogP contribution in [-0.2, 0) is 17.3 Å². The van der Waals surface area contributed by atoms with E-state index in [9.17, 15) is 28.2 Å². The standard InChI is InChI=1S/C32H38F3NO4/c1-20-11-12-23(16-28(20)32(33,34)35)17-30(4,5)36-18-31(6,39)19-40-22(3)26-9-7-8-10-27(26)24-13-14-25(29(37)38)21(2)15-24/h7-16,22,36,39H,17-19H2,1-6H3,(H,37,38)/p+1/t22-,31+/m1/s1. The summed E-state index contributed by atoms with van der Waals surface area (Å²) in [6, 6.07) is 17.5. The molecule has 0 aliphatic carbocycles. The van der Waals surface area contributed by atoms with Gasteiger partial charge in [0, 0.05) is 12.1 Å². The molecule has 0 unspecified atom stereocenters. The molecule has 3 aromatic carbocycles. The Balaban J connectivity index is 1.65. The highest BCUT2D eigenvalue weighted by molar-refractivity contribution is 5.91. The molecule has 0 aliphatic heterocycles. The second kappa shape index (κ2) is 12.1. The van der Waals surface area contributed by atoms with Crippen molar-refractivity contribution in [1.82, 2.24) is 5.32 Å². The van der Waals surface area contributed by atoms with Crippen LogP contribution < -0.4 is 5.32 Å². The third kappa shape index (κ3) is 8.16. The Bertz CT molecular complexity index is 1350. The SMILES string of the molecule is Cc1cc(-c2ccccc2[C@@H](C)OC[C@@](C)(O)CNC(C)(C)Cc2ccc(C)c(C(F)(F)F)c2)ccc1C(O)=[OH+]. The Labute approximate surface area is 234 Å². The van der Waals surface area contributed by atoms with E-state index in [0.717, 1.165) is 22.3 Å². The molecule has 0 saturated carbocycles. The molecule has 0 aliphatic rings. The summed E-state index contributed by atoms with van der Waals surface area (Å²) in [5, 5.41) is 23.8. The first-order chi connectivity index (χ1) is 18.5. The molecule has 0 heterocycles. The van der Waals surface area contributed by atoms with E-state index < -0.39 is 28.8 Å². The molecule has 0 saturated heterocycles. The smallest absolute Gasteiger partial charge is 0.386 e. The highest BCUT2D eigenvalue weighted by Gasteiger charge is 2.33. The number of β-amino-alcohol motifs (C(OH)–C–C–N with tert-alkyl or cyclic N) is 1. The van der Waals surface area contributed by atoms with Crippen molar-refractivity contribution in [3.8, 4) is 11.1 Å². The summed E-state index contributed by atoms with van der Waals surface area (Å²) in [6.07, 6.45) is -4.42. The molecule has 40 heavy (non-hydrogen) atoms. The number of carboxylic acids is 1. The maximum atomic E-state index is 13.3. The van der Waals surface area contributed by atoms with Gasteiger partial charge in [-0.2, -0.15) is 13.2 Å². The second-order valence-electron chi connectivity index (χ2n) is 11.5. The minimum Gasteiger partial charge on any atom is -0.386 e. The van der Waals surface area contributed by atoms with E-state index in [4.69, 9.17) is 4.74 Å². The van der Waals surface area contributed by atoms with Crippen molar-refractivity contribution >= 4 is 5.97 Å². The summed E-state index contributed by atoms with van der Waals surface area (Å²) in [5.41, 5.74) is 2.12. The number of hydrogen-bond donors (Lipinski definition) is 3. The van der Waals surface area contributed by atoms with Crippen LogP contribution in [0.3, 0.4) is 0 Å². The van der Waals surface area contributed by atoms with Crippen LogP contribution in [0.5, 0.6) is 0 Å². The van der Waals surface area contributed by atoms with Crippen LogP contribution in [-0.4, -0.2) is 45.3 Å². The Morgan fingerprint density at radius 1 is 0.975 bits per heavy atom. The van der Waals surface area contributed by atoms with Gasteiger partial charge >= 0.3 is 12.1 Å². The van der Waals surface area contributed by atoms with Crippen molar-refractivity contribution in [2.75, 3.05) is 13.2 Å². The number of aromatic carboxylic acids is 1. The van der Waals surface area contributed by atoms with Crippen LogP contribution in [0.4, 0.5) is 13.2 Å². The van der Waals surface area contributed by atoms with Crippen LogP contribution >= 0.6 is 0 Å². The number of ether oxygens (including phenoxy) is 1. The molecule has 0 bridgehead atoms. The van der Waals surface area contributed by atoms with E-state index in [1.165, 1.54) is 19.1 Å². The van der Waals surface area contributed by atoms with Gasteiger partial charge in [0.15, 0.2) is 0 Å². The third-order valence-electron chi connectivity index (χ3n) is 7.02. The zero-order valence-electron chi connectivity index (χ0n) is 23.9. The molecule has 0 spiro atoms. The molecule has 216 valence electrons. The summed E-state index contributed by atoms with van der Waals surface area (Å²) in [6.45, 7) is 10.8. The van der Waals surface area contributed by atoms with E-state index in [2.05, 4.69) is 5.32 Å². The molecule has 0 fully saturated rings. The lowest BCUT2D eigenvalue weighted by Gasteiger charge is -2.33. The number of rotatable bonds is 11. The molecule has 4 N–H and O–H groups in total. The fourth-order valence-corrected chi connectivity index (χ4v) is 4.73. The van der Waals surface area contributed by atoms with Gasteiger partial charge < -0.3 is 25.1 Å². The van der Waals surface area contributed by atoms with E-state index in [0.29, 0.717) is 17.5 Å². The lowest BCUT2D eigenvalue weighted by atomic mass is 9.91. The van der Waals surface area contributed by atoms with Crippen LogP contribution in [0.1, 0.15) is 67.2 Å². The first-order valence-corrected chi connectivity index (χ1v) is 13.2. The van der Waals surface area contributed by atoms with Crippen LogP contribution in [0.25, 0.3) is 11.1 Å². The topological polar surface area (TPSA) is 83.1 Å². The summed E-state index contributed by atoms with van der Waals surface area (Å²) in [5.74, 6) is -0.724. The zero-order chi connectivity index (χ0) is 29.9. The Morgan fingerprint density at radius 2 is 1.65 bits per heavy atom. The zero-order valence-corrected chi connectivity index (χ0v) is 23.9. The number of aliphatic hydroxyl groups is 1. The van der Waals surface area contributed by atoms with Crippen molar-refractivity contribution in [2.45, 2.75) is 71.4 Å². The van der Waals surface area contributed by atoms with Gasteiger partial charge in [-0.15, -0.1) is 0 Å². The van der Waals surface area contributed by atoms with Crippen molar-refractivity contribution in [3.05, 3.63) is 94.0 Å². The highest BCUT2D eigenvalue weighted by Crippen LogP contribution is 2.34. The number of hydrogen-bond acceptors (Lipinski definition) is 3. The van der Waals surface area contributed by atoms with Crippen molar-refractivity contribution in [2.24, 2.45) is 0 Å². The number of alkyl halides is 3. The molecule has 8 heteroatoms. The van der Waals surface area contributed by atoms with Gasteiger partial charge in [-0.05, 0) is 93.5 Å². The number of halogens is 3. The molecule has 0 amide bonds. The monoisotopic (exact) mass is 558 g/mol. The van der Waals surface area contributed by atoms with E-state index in [1.807, 2.05) is 57.2 Å². The number of aryl methyl sites for hydroxylation is 2. The molecule has 3 rings (SSSR count). The average molecular weight is 559 g/mol. The van der Waals surface area contributed by atoms with Crippen molar-refractivity contribution in [1.29, 1.82) is 0 Å². The maximum absolute atomic E-state index is 13.3. The molecule has 5 nitrogen and oxygen atoms in total. The minimum atomic E-state index is -4.41. The summed E-state index contributed by atoms with van der Waals surface area (Å²) in [4.78, 5) is 9.46. The van der Waals surface area contributed by atoms with Gasteiger partial charge in [0.1, 0.15) is 5.56 Å². The summed E-state index contributed by atoms with van der Waals surface area (Å²) in [7, 11) is 0. The van der Waals surface area contributed by atoms with Crippen LogP contribution in [0.2, 0.25) is 0 Å². The van der Waals surface area contributed by atoms with E-state index in [1.54, 1.807) is 26.0 Å². The lowest BCUT2D eigenvalue weighted by Crippen LogP contribution is -2.50. The van der Waals surface area contributed by atoms with Gasteiger partial charge in [-0.25, -0.2) is 0 Å². The van der Waals surface area contributed by atoms with E-state index in [-0.39, 0.29) is 24.8 Å². The highest BCUT2D eigenvalue weighted by atomic mass is 19.4. The van der Waals surface area contributed by atoms with E-state index >= 15 is 0 Å². The molecular weight excluding hydrogens is 519 g/mol. The van der Waals surface area contributed by atoms with Crippen LogP contribution in [0.15, 0.2) is 60.7 Å². The molecule has 3 aromatic rings. The summed E-state index contributed by atoms with van der Waals surface area (Å²) < 4.78 is 46.1. The van der Waals surface area contributed by atoms with Gasteiger partial charge in [-0.1, -0.05) is 48.5 Å². The predicted octanol–water partition coefficient (Wildman–Crippen LogP) is 6.84. The van der Waals surface area contributed by atoms with Gasteiger partial charge in [0.05, 0.1) is 23.9 Å². The average Bonchev–Trinajstić information content (AvgIpc) is 2.86. The van der Waals surface area contributed by atoms with Gasteiger partial charge in [-0.3, -0.25) is 0 Å². The molecule has 0 aromatic heterocycles. The number of benzene rings is 3. The normalized spacial score (nSPS) is 14.6.